The molecule has 1 N–H and O–H groups in total. The Labute approximate surface area is 157 Å². The first-order chi connectivity index (χ1) is 12.5. The molecule has 0 aromatic carbocycles. The number of hydrogen-bond donors (Lipinski definition) is 1. The van der Waals surface area contributed by atoms with Gasteiger partial charge < -0.3 is 10.2 Å². The van der Waals surface area contributed by atoms with E-state index in [1.165, 1.54) is 12.8 Å². The van der Waals surface area contributed by atoms with Gasteiger partial charge in [-0.25, -0.2) is 0 Å². The molecule has 7 heteroatoms. The maximum Gasteiger partial charge on any atom is 0.244 e. The van der Waals surface area contributed by atoms with E-state index in [1.807, 2.05) is 25.2 Å². The molecule has 0 bridgehead atoms. The molecule has 3 rings (SSSR count). The largest absolute Gasteiger partial charge is 0.338 e. The first-order valence-corrected chi connectivity index (χ1v) is 9.92. The number of aromatic nitrogens is 2. The highest BCUT2D eigenvalue weighted by Crippen LogP contribution is 2.23. The van der Waals surface area contributed by atoms with E-state index in [9.17, 15) is 4.79 Å². The molecule has 1 aromatic rings. The van der Waals surface area contributed by atoms with Crippen molar-refractivity contribution >= 4 is 5.91 Å². The van der Waals surface area contributed by atoms with Gasteiger partial charge in [-0.2, -0.15) is 5.10 Å². The molecular formula is C19H34N6O. The number of hydrogen-bond acceptors (Lipinski definition) is 5. The van der Waals surface area contributed by atoms with Crippen LogP contribution in [0, 0.1) is 0 Å². The lowest BCUT2D eigenvalue weighted by Crippen LogP contribution is -2.52. The van der Waals surface area contributed by atoms with Crippen molar-refractivity contribution in [1.82, 2.24) is 29.8 Å². The van der Waals surface area contributed by atoms with E-state index in [0.29, 0.717) is 12.1 Å². The van der Waals surface area contributed by atoms with E-state index in [-0.39, 0.29) is 11.9 Å². The van der Waals surface area contributed by atoms with E-state index in [4.69, 9.17) is 0 Å². The highest BCUT2D eigenvalue weighted by atomic mass is 16.2. The summed E-state index contributed by atoms with van der Waals surface area (Å²) in [6.07, 6.45) is 6.33. The molecule has 3 atom stereocenters. The predicted molar refractivity (Wildman–Crippen MR) is 103 cm³/mol. The number of amides is 1. The third-order valence-electron chi connectivity index (χ3n) is 6.09. The molecule has 0 spiro atoms. The van der Waals surface area contributed by atoms with Crippen molar-refractivity contribution in [3.63, 3.8) is 0 Å². The summed E-state index contributed by atoms with van der Waals surface area (Å²) in [5, 5.41) is 7.34. The summed E-state index contributed by atoms with van der Waals surface area (Å²) in [7, 11) is 3.71. The molecule has 146 valence electrons. The molecule has 2 saturated heterocycles. The first-order valence-electron chi connectivity index (χ1n) is 9.92. The molecule has 0 radical (unpaired) electrons. The summed E-state index contributed by atoms with van der Waals surface area (Å²) in [5.74, 6) is 0.155. The Morgan fingerprint density at radius 3 is 2.38 bits per heavy atom. The predicted octanol–water partition coefficient (Wildman–Crippen LogP) is 0.698. The summed E-state index contributed by atoms with van der Waals surface area (Å²) >= 11 is 0. The van der Waals surface area contributed by atoms with Crippen LogP contribution in [0.15, 0.2) is 12.4 Å². The first kappa shape index (κ1) is 19.3. The van der Waals surface area contributed by atoms with E-state index in [1.54, 1.807) is 10.9 Å². The zero-order chi connectivity index (χ0) is 18.7. The lowest BCUT2D eigenvalue weighted by Gasteiger charge is -2.37. The number of carbonyl (C=O) groups excluding carboxylic acids is 1. The lowest BCUT2D eigenvalue weighted by atomic mass is 10.1. The van der Waals surface area contributed by atoms with Crippen molar-refractivity contribution in [2.24, 2.45) is 7.05 Å². The van der Waals surface area contributed by atoms with Crippen LogP contribution in [0.2, 0.25) is 0 Å². The van der Waals surface area contributed by atoms with Gasteiger partial charge in [0.25, 0.3) is 0 Å². The van der Waals surface area contributed by atoms with Gasteiger partial charge in [0.05, 0.1) is 6.20 Å². The number of nitrogens with zero attached hydrogens (tertiary/aromatic N) is 5. The molecule has 1 amide bonds. The summed E-state index contributed by atoms with van der Waals surface area (Å²) < 4.78 is 1.74. The van der Waals surface area contributed by atoms with Crippen LogP contribution < -0.4 is 5.32 Å². The van der Waals surface area contributed by atoms with E-state index in [0.717, 1.165) is 44.8 Å². The minimum absolute atomic E-state index is 0.155. The minimum atomic E-state index is -0.304. The Kier molecular flexibility index (Phi) is 6.32. The smallest absolute Gasteiger partial charge is 0.244 e. The molecule has 2 fully saturated rings. The second kappa shape index (κ2) is 8.50. The van der Waals surface area contributed by atoms with Crippen LogP contribution in [0.25, 0.3) is 0 Å². The topological polar surface area (TPSA) is 56.6 Å². The average molecular weight is 363 g/mol. The molecule has 3 heterocycles. The fraction of sp³-hybridized carbons (Fsp3) is 0.789. The third-order valence-corrected chi connectivity index (χ3v) is 6.09. The Morgan fingerprint density at radius 1 is 1.19 bits per heavy atom. The van der Waals surface area contributed by atoms with Crippen LogP contribution in [0.5, 0.6) is 0 Å². The van der Waals surface area contributed by atoms with Crippen molar-refractivity contribution in [2.75, 3.05) is 46.3 Å². The van der Waals surface area contributed by atoms with Crippen molar-refractivity contribution in [1.29, 1.82) is 0 Å². The van der Waals surface area contributed by atoms with Crippen molar-refractivity contribution in [2.45, 2.75) is 44.8 Å². The number of nitrogens with one attached hydrogen (secondary N) is 1. The number of piperazine rings is 1. The van der Waals surface area contributed by atoms with Gasteiger partial charge in [0, 0.05) is 70.2 Å². The molecule has 3 unspecified atom stereocenters. The van der Waals surface area contributed by atoms with Crippen LogP contribution in [-0.4, -0.2) is 88.8 Å². The highest BCUT2D eigenvalue weighted by Gasteiger charge is 2.30. The van der Waals surface area contributed by atoms with Crippen molar-refractivity contribution < 1.29 is 4.79 Å². The lowest BCUT2D eigenvalue weighted by molar-refractivity contribution is -0.135. The van der Waals surface area contributed by atoms with Gasteiger partial charge in [0.2, 0.25) is 5.91 Å². The number of likely N-dealkylation sites (tertiary alicyclic amines) is 1. The standard InChI is InChI=1S/C19H34N6O/c1-15-5-6-16(2)25(15)12-9-23-7-10-24(11-8-23)19(26)18(20-3)17-13-21-22(4)14-17/h13-16,18,20H,5-12H2,1-4H3. The van der Waals surface area contributed by atoms with E-state index < -0.39 is 0 Å². The van der Waals surface area contributed by atoms with Gasteiger partial charge in [-0.15, -0.1) is 0 Å². The van der Waals surface area contributed by atoms with Crippen LogP contribution in [-0.2, 0) is 11.8 Å². The molecule has 2 aliphatic rings. The van der Waals surface area contributed by atoms with Gasteiger partial charge >= 0.3 is 0 Å². The number of aryl methyl sites for hydroxylation is 1. The molecule has 26 heavy (non-hydrogen) atoms. The third kappa shape index (κ3) is 4.27. The molecular weight excluding hydrogens is 328 g/mol. The normalized spacial score (nSPS) is 26.4. The van der Waals surface area contributed by atoms with E-state index in [2.05, 4.69) is 34.1 Å². The summed E-state index contributed by atoms with van der Waals surface area (Å²) in [5.41, 5.74) is 0.930. The second-order valence-electron chi connectivity index (χ2n) is 7.85. The second-order valence-corrected chi connectivity index (χ2v) is 7.85. The fourth-order valence-corrected chi connectivity index (χ4v) is 4.34. The number of rotatable bonds is 6. The summed E-state index contributed by atoms with van der Waals surface area (Å²) in [6, 6.07) is 1.12. The van der Waals surface area contributed by atoms with E-state index >= 15 is 0 Å². The van der Waals surface area contributed by atoms with Gasteiger partial charge in [0.1, 0.15) is 6.04 Å². The van der Waals surface area contributed by atoms with Crippen LogP contribution in [0.1, 0.15) is 38.3 Å². The van der Waals surface area contributed by atoms with Crippen LogP contribution in [0.4, 0.5) is 0 Å². The van der Waals surface area contributed by atoms with Crippen molar-refractivity contribution in [3.05, 3.63) is 18.0 Å². The van der Waals surface area contributed by atoms with Gasteiger partial charge in [-0.1, -0.05) is 0 Å². The minimum Gasteiger partial charge on any atom is -0.338 e. The Morgan fingerprint density at radius 2 is 1.85 bits per heavy atom. The van der Waals surface area contributed by atoms with Crippen LogP contribution >= 0.6 is 0 Å². The Balaban J connectivity index is 1.47. The van der Waals surface area contributed by atoms with Gasteiger partial charge in [-0.3, -0.25) is 19.3 Å². The summed E-state index contributed by atoms with van der Waals surface area (Å²) in [6.45, 7) is 10.5. The maximum atomic E-state index is 12.9. The fourth-order valence-electron chi connectivity index (χ4n) is 4.34. The zero-order valence-electron chi connectivity index (χ0n) is 16.7. The summed E-state index contributed by atoms with van der Waals surface area (Å²) in [4.78, 5) is 20.0. The molecule has 7 nitrogen and oxygen atoms in total. The van der Waals surface area contributed by atoms with Gasteiger partial charge in [-0.05, 0) is 33.7 Å². The van der Waals surface area contributed by atoms with Gasteiger partial charge in [0.15, 0.2) is 0 Å². The molecule has 1 aromatic heterocycles. The molecule has 0 saturated carbocycles. The Bertz CT molecular complexity index is 585. The molecule has 0 aliphatic carbocycles. The van der Waals surface area contributed by atoms with Crippen LogP contribution in [0.3, 0.4) is 0 Å². The SMILES string of the molecule is CNC(C(=O)N1CCN(CCN2C(C)CCC2C)CC1)c1cnn(C)c1. The molecule has 2 aliphatic heterocycles. The monoisotopic (exact) mass is 362 g/mol. The maximum absolute atomic E-state index is 12.9. The quantitative estimate of drug-likeness (QED) is 0.807. The average Bonchev–Trinajstić information content (AvgIpc) is 3.20. The highest BCUT2D eigenvalue weighted by molar-refractivity contribution is 5.83. The number of likely N-dealkylation sites (N-methyl/N-ethyl adjacent to an activating group) is 1. The number of carbonyl (C=O) groups is 1. The zero-order valence-corrected chi connectivity index (χ0v) is 16.7. The Hall–Kier alpha value is -1.44. The van der Waals surface area contributed by atoms with Crippen molar-refractivity contribution in [3.8, 4) is 0 Å².